The number of hydrogen-bond donors (Lipinski definition) is 1. The highest BCUT2D eigenvalue weighted by Gasteiger charge is 2.34. The standard InChI is InChI=1S/C30H37N3O5S/c1-7-26(30(35)31-5)32(19-24-13-8-21(2)9-14-24)29(34)20-33(27-18-23(4)12-17-28(27)38-6)39(36,37)25-15-10-22(3)11-16-25/h8-18,26H,7,19-20H2,1-6H3,(H,31,35)/t26-/m1/s1. The molecule has 9 heteroatoms. The van der Waals surface area contributed by atoms with Gasteiger partial charge in [0, 0.05) is 13.6 Å². The zero-order chi connectivity index (χ0) is 28.7. The van der Waals surface area contributed by atoms with Crippen LogP contribution in [0.1, 0.15) is 35.6 Å². The van der Waals surface area contributed by atoms with Crippen molar-refractivity contribution in [2.75, 3.05) is 25.0 Å². The fraction of sp³-hybridized carbons (Fsp3) is 0.333. The molecule has 1 atom stereocenters. The lowest BCUT2D eigenvalue weighted by molar-refractivity contribution is -0.140. The van der Waals surface area contributed by atoms with Crippen molar-refractivity contribution in [1.82, 2.24) is 10.2 Å². The first-order valence-corrected chi connectivity index (χ1v) is 14.3. The van der Waals surface area contributed by atoms with Crippen LogP contribution in [0, 0.1) is 20.8 Å². The Morgan fingerprint density at radius 2 is 1.46 bits per heavy atom. The Kier molecular flexibility index (Phi) is 9.75. The normalized spacial score (nSPS) is 11.9. The molecule has 208 valence electrons. The number of likely N-dealkylation sites (N-methyl/N-ethyl adjacent to an activating group) is 1. The van der Waals surface area contributed by atoms with Gasteiger partial charge in [0.05, 0.1) is 17.7 Å². The predicted molar refractivity (Wildman–Crippen MR) is 153 cm³/mol. The van der Waals surface area contributed by atoms with Crippen molar-refractivity contribution in [3.8, 4) is 5.75 Å². The summed E-state index contributed by atoms with van der Waals surface area (Å²) in [5, 5.41) is 2.63. The summed E-state index contributed by atoms with van der Waals surface area (Å²) in [5.41, 5.74) is 3.85. The maximum Gasteiger partial charge on any atom is 0.264 e. The molecule has 0 fully saturated rings. The average molecular weight is 552 g/mol. The van der Waals surface area contributed by atoms with Crippen molar-refractivity contribution >= 4 is 27.5 Å². The molecule has 3 aromatic rings. The molecule has 0 spiro atoms. The van der Waals surface area contributed by atoms with E-state index in [1.165, 1.54) is 31.2 Å². The third-order valence-electron chi connectivity index (χ3n) is 6.60. The van der Waals surface area contributed by atoms with Crippen molar-refractivity contribution < 1.29 is 22.7 Å². The van der Waals surface area contributed by atoms with Gasteiger partial charge in [-0.3, -0.25) is 13.9 Å². The van der Waals surface area contributed by atoms with Crippen LogP contribution in [-0.2, 0) is 26.2 Å². The van der Waals surface area contributed by atoms with Gasteiger partial charge in [0.2, 0.25) is 11.8 Å². The number of amides is 2. The summed E-state index contributed by atoms with van der Waals surface area (Å²) < 4.78 is 34.6. The number of rotatable bonds is 11. The van der Waals surface area contributed by atoms with E-state index >= 15 is 0 Å². The average Bonchev–Trinajstić information content (AvgIpc) is 2.92. The van der Waals surface area contributed by atoms with Crippen molar-refractivity contribution in [3.63, 3.8) is 0 Å². The zero-order valence-corrected chi connectivity index (χ0v) is 24.2. The lowest BCUT2D eigenvalue weighted by Gasteiger charge is -2.33. The number of sulfonamides is 1. The summed E-state index contributed by atoms with van der Waals surface area (Å²) in [6, 6.07) is 18.5. The first kappa shape index (κ1) is 29.7. The second kappa shape index (κ2) is 12.8. The minimum atomic E-state index is -4.18. The SMILES string of the molecule is CC[C@H](C(=O)NC)N(Cc1ccc(C)cc1)C(=O)CN(c1cc(C)ccc1OC)S(=O)(=O)c1ccc(C)cc1. The van der Waals surface area contributed by atoms with Gasteiger partial charge in [-0.15, -0.1) is 0 Å². The third-order valence-corrected chi connectivity index (χ3v) is 8.37. The molecule has 0 saturated carbocycles. The second-order valence-electron chi connectivity index (χ2n) is 9.55. The summed E-state index contributed by atoms with van der Waals surface area (Å²) in [5.74, 6) is -0.517. The molecule has 1 N–H and O–H groups in total. The number of ether oxygens (including phenoxy) is 1. The van der Waals surface area contributed by atoms with E-state index in [0.717, 1.165) is 26.6 Å². The van der Waals surface area contributed by atoms with Crippen LogP contribution in [-0.4, -0.2) is 51.9 Å². The number of hydrogen-bond acceptors (Lipinski definition) is 5. The Morgan fingerprint density at radius 1 is 0.897 bits per heavy atom. The van der Waals surface area contributed by atoms with E-state index in [0.29, 0.717) is 12.2 Å². The molecular formula is C30H37N3O5S. The molecule has 0 bridgehead atoms. The van der Waals surface area contributed by atoms with E-state index in [2.05, 4.69) is 5.32 Å². The molecule has 0 aliphatic rings. The molecule has 39 heavy (non-hydrogen) atoms. The molecule has 2 amide bonds. The molecule has 8 nitrogen and oxygen atoms in total. The fourth-order valence-corrected chi connectivity index (χ4v) is 5.74. The fourth-order valence-electron chi connectivity index (χ4n) is 4.32. The summed E-state index contributed by atoms with van der Waals surface area (Å²) in [6.07, 6.45) is 0.357. The van der Waals surface area contributed by atoms with Crippen LogP contribution in [0.25, 0.3) is 0 Å². The number of methoxy groups -OCH3 is 1. The lowest BCUT2D eigenvalue weighted by atomic mass is 10.1. The van der Waals surface area contributed by atoms with Crippen LogP contribution in [0.4, 0.5) is 5.69 Å². The summed E-state index contributed by atoms with van der Waals surface area (Å²) in [4.78, 5) is 28.4. The minimum absolute atomic E-state index is 0.0490. The van der Waals surface area contributed by atoms with E-state index in [1.54, 1.807) is 24.3 Å². The van der Waals surface area contributed by atoms with Crippen LogP contribution in [0.2, 0.25) is 0 Å². The molecule has 0 saturated heterocycles. The van der Waals surface area contributed by atoms with Crippen LogP contribution < -0.4 is 14.4 Å². The van der Waals surface area contributed by atoms with Gasteiger partial charge in [-0.05, 0) is 62.6 Å². The smallest absolute Gasteiger partial charge is 0.264 e. The van der Waals surface area contributed by atoms with E-state index in [1.807, 2.05) is 58.0 Å². The predicted octanol–water partition coefficient (Wildman–Crippen LogP) is 4.37. The van der Waals surface area contributed by atoms with Crippen LogP contribution in [0.15, 0.2) is 71.6 Å². The monoisotopic (exact) mass is 551 g/mol. The number of nitrogens with one attached hydrogen (secondary N) is 1. The van der Waals surface area contributed by atoms with Crippen LogP contribution in [0.5, 0.6) is 5.75 Å². The van der Waals surface area contributed by atoms with Gasteiger partial charge in [0.1, 0.15) is 18.3 Å². The van der Waals surface area contributed by atoms with Crippen molar-refractivity contribution in [2.24, 2.45) is 0 Å². The Morgan fingerprint density at radius 3 is 2.00 bits per heavy atom. The zero-order valence-electron chi connectivity index (χ0n) is 23.4. The van der Waals surface area contributed by atoms with Gasteiger partial charge in [-0.1, -0.05) is 60.5 Å². The Labute approximate surface area is 231 Å². The minimum Gasteiger partial charge on any atom is -0.495 e. The van der Waals surface area contributed by atoms with Gasteiger partial charge >= 0.3 is 0 Å². The highest BCUT2D eigenvalue weighted by molar-refractivity contribution is 7.92. The largest absolute Gasteiger partial charge is 0.495 e. The third kappa shape index (κ3) is 6.97. The lowest BCUT2D eigenvalue weighted by Crippen LogP contribution is -2.51. The van der Waals surface area contributed by atoms with Crippen molar-refractivity contribution in [2.45, 2.75) is 51.6 Å². The van der Waals surface area contributed by atoms with Gasteiger partial charge in [0.25, 0.3) is 10.0 Å². The molecule has 0 unspecified atom stereocenters. The van der Waals surface area contributed by atoms with Crippen LogP contribution in [0.3, 0.4) is 0 Å². The number of benzene rings is 3. The Hall–Kier alpha value is -3.85. The maximum absolute atomic E-state index is 14.0. The van der Waals surface area contributed by atoms with Gasteiger partial charge in [-0.2, -0.15) is 0 Å². The summed E-state index contributed by atoms with van der Waals surface area (Å²) >= 11 is 0. The molecule has 0 aliphatic carbocycles. The van der Waals surface area contributed by atoms with Gasteiger partial charge in [0.15, 0.2) is 0 Å². The first-order valence-electron chi connectivity index (χ1n) is 12.8. The number of anilines is 1. The molecule has 0 aliphatic heterocycles. The molecule has 3 aromatic carbocycles. The number of aryl methyl sites for hydroxylation is 3. The van der Waals surface area contributed by atoms with Crippen molar-refractivity contribution in [1.29, 1.82) is 0 Å². The quantitative estimate of drug-likeness (QED) is 0.382. The van der Waals surface area contributed by atoms with E-state index in [9.17, 15) is 18.0 Å². The number of carbonyl (C=O) groups excluding carboxylic acids is 2. The summed E-state index contributed by atoms with van der Waals surface area (Å²) in [7, 11) is -1.21. The number of nitrogens with zero attached hydrogens (tertiary/aromatic N) is 2. The topological polar surface area (TPSA) is 96.0 Å². The van der Waals surface area contributed by atoms with Gasteiger partial charge < -0.3 is 15.0 Å². The summed E-state index contributed by atoms with van der Waals surface area (Å²) in [6.45, 7) is 7.12. The first-order chi connectivity index (χ1) is 18.5. The van der Waals surface area contributed by atoms with E-state index < -0.39 is 28.5 Å². The van der Waals surface area contributed by atoms with Crippen LogP contribution >= 0.6 is 0 Å². The van der Waals surface area contributed by atoms with Crippen molar-refractivity contribution in [3.05, 3.63) is 89.0 Å². The van der Waals surface area contributed by atoms with Gasteiger partial charge in [-0.25, -0.2) is 8.42 Å². The highest BCUT2D eigenvalue weighted by Crippen LogP contribution is 2.34. The highest BCUT2D eigenvalue weighted by atomic mass is 32.2. The molecule has 0 radical (unpaired) electrons. The Bertz CT molecular complexity index is 1400. The molecule has 3 rings (SSSR count). The Balaban J connectivity index is 2.12. The maximum atomic E-state index is 14.0. The van der Waals surface area contributed by atoms with E-state index in [4.69, 9.17) is 4.74 Å². The second-order valence-corrected chi connectivity index (χ2v) is 11.4. The van der Waals surface area contributed by atoms with E-state index in [-0.39, 0.29) is 23.0 Å². The molecular weight excluding hydrogens is 514 g/mol. The molecule has 0 heterocycles. The molecule has 0 aromatic heterocycles. The number of carbonyl (C=O) groups is 2.